The van der Waals surface area contributed by atoms with Gasteiger partial charge in [-0.25, -0.2) is 4.98 Å². The zero-order valence-electron chi connectivity index (χ0n) is 10.6. The number of hydrogen-bond donors (Lipinski definition) is 2. The zero-order chi connectivity index (χ0) is 13.8. The Morgan fingerprint density at radius 1 is 1.53 bits per heavy atom. The molecule has 1 saturated heterocycles. The molecule has 2 N–H and O–H groups in total. The summed E-state index contributed by atoms with van der Waals surface area (Å²) >= 11 is 6.01. The first-order chi connectivity index (χ1) is 9.11. The molecule has 6 nitrogen and oxygen atoms in total. The Labute approximate surface area is 116 Å². The second-order valence-corrected chi connectivity index (χ2v) is 4.61. The minimum absolute atomic E-state index is 0.0423. The molecule has 19 heavy (non-hydrogen) atoms. The van der Waals surface area contributed by atoms with Crippen LogP contribution >= 0.6 is 11.6 Å². The van der Waals surface area contributed by atoms with Gasteiger partial charge in [0.1, 0.15) is 11.5 Å². The Kier molecular flexibility index (Phi) is 4.21. The van der Waals surface area contributed by atoms with E-state index in [1.54, 1.807) is 19.2 Å². The average molecular weight is 283 g/mol. The van der Waals surface area contributed by atoms with Gasteiger partial charge in [-0.1, -0.05) is 11.6 Å². The third-order valence-electron chi connectivity index (χ3n) is 2.85. The van der Waals surface area contributed by atoms with Crippen LogP contribution in [0.4, 0.5) is 5.82 Å². The van der Waals surface area contributed by atoms with Crippen molar-refractivity contribution < 1.29 is 9.59 Å². The first-order valence-electron chi connectivity index (χ1n) is 6.02. The molecule has 0 aliphatic carbocycles. The molecule has 1 fully saturated rings. The molecule has 0 spiro atoms. The van der Waals surface area contributed by atoms with Gasteiger partial charge in [0, 0.05) is 20.1 Å². The van der Waals surface area contributed by atoms with Gasteiger partial charge in [-0.2, -0.15) is 0 Å². The maximum atomic E-state index is 12.4. The van der Waals surface area contributed by atoms with Gasteiger partial charge in [0.25, 0.3) is 5.91 Å². The Morgan fingerprint density at radius 3 is 3.05 bits per heavy atom. The Balaban J connectivity index is 2.24. The minimum Gasteiger partial charge on any atom is -0.373 e. The lowest BCUT2D eigenvalue weighted by molar-refractivity contribution is -0.121. The lowest BCUT2D eigenvalue weighted by Gasteiger charge is -2.19. The second-order valence-electron chi connectivity index (χ2n) is 4.21. The second kappa shape index (κ2) is 5.88. The molecule has 2 heterocycles. The topological polar surface area (TPSA) is 74.3 Å². The van der Waals surface area contributed by atoms with Gasteiger partial charge in [0.2, 0.25) is 5.91 Å². The van der Waals surface area contributed by atoms with Gasteiger partial charge >= 0.3 is 0 Å². The number of anilines is 1. The predicted molar refractivity (Wildman–Crippen MR) is 72.3 cm³/mol. The molecule has 0 atom stereocenters. The molecule has 102 valence electrons. The number of carbonyl (C=O) groups excluding carboxylic acids is 2. The van der Waals surface area contributed by atoms with E-state index in [1.165, 1.54) is 4.90 Å². The summed E-state index contributed by atoms with van der Waals surface area (Å²) in [7, 11) is 1.71. The number of halogens is 1. The molecule has 1 aromatic rings. The van der Waals surface area contributed by atoms with Crippen LogP contribution in [-0.4, -0.2) is 48.4 Å². The highest BCUT2D eigenvalue weighted by molar-refractivity contribution is 6.33. The van der Waals surface area contributed by atoms with Crippen molar-refractivity contribution in [2.75, 3.05) is 32.0 Å². The summed E-state index contributed by atoms with van der Waals surface area (Å²) in [5.41, 5.74) is 0.170. The molecule has 0 bridgehead atoms. The molecular weight excluding hydrogens is 268 g/mol. The van der Waals surface area contributed by atoms with E-state index in [4.69, 9.17) is 11.6 Å². The molecule has 0 radical (unpaired) electrons. The number of nitrogens with zero attached hydrogens (tertiary/aromatic N) is 2. The number of hydrogen-bond acceptors (Lipinski definition) is 4. The normalized spacial score (nSPS) is 15.7. The van der Waals surface area contributed by atoms with E-state index in [1.807, 2.05) is 0 Å². The monoisotopic (exact) mass is 282 g/mol. The summed E-state index contributed by atoms with van der Waals surface area (Å²) in [5, 5.41) is 5.86. The summed E-state index contributed by atoms with van der Waals surface area (Å²) in [6.07, 6.45) is 0.723. The van der Waals surface area contributed by atoms with Crippen LogP contribution in [0.25, 0.3) is 0 Å². The SMILES string of the molecule is CNc1ccc(Cl)c(C(=O)N2CCCNC(=O)C2)n1. The molecule has 2 amide bonds. The molecule has 7 heteroatoms. The molecule has 0 unspecified atom stereocenters. The maximum absolute atomic E-state index is 12.4. The van der Waals surface area contributed by atoms with Gasteiger partial charge in [-0.05, 0) is 18.6 Å². The lowest BCUT2D eigenvalue weighted by atomic mass is 10.3. The van der Waals surface area contributed by atoms with Gasteiger partial charge in [0.15, 0.2) is 0 Å². The number of pyridine rings is 1. The number of rotatable bonds is 2. The molecule has 0 saturated carbocycles. The van der Waals surface area contributed by atoms with Crippen LogP contribution in [0, 0.1) is 0 Å². The molecule has 1 aliphatic heterocycles. The lowest BCUT2D eigenvalue weighted by Crippen LogP contribution is -2.37. The quantitative estimate of drug-likeness (QED) is 0.839. The van der Waals surface area contributed by atoms with Gasteiger partial charge < -0.3 is 15.5 Å². The van der Waals surface area contributed by atoms with Crippen LogP contribution in [-0.2, 0) is 4.79 Å². The van der Waals surface area contributed by atoms with Crippen LogP contribution in [0.2, 0.25) is 5.02 Å². The van der Waals surface area contributed by atoms with Crippen LogP contribution in [0.5, 0.6) is 0 Å². The first-order valence-corrected chi connectivity index (χ1v) is 6.40. The van der Waals surface area contributed by atoms with Crippen molar-refractivity contribution >= 4 is 29.2 Å². The van der Waals surface area contributed by atoms with E-state index < -0.39 is 0 Å². The molecule has 1 aliphatic rings. The number of carbonyl (C=O) groups is 2. The largest absolute Gasteiger partial charge is 0.373 e. The summed E-state index contributed by atoms with van der Waals surface area (Å²) < 4.78 is 0. The van der Waals surface area contributed by atoms with E-state index >= 15 is 0 Å². The number of nitrogens with one attached hydrogen (secondary N) is 2. The fourth-order valence-corrected chi connectivity index (χ4v) is 2.05. The Hall–Kier alpha value is -1.82. The summed E-state index contributed by atoms with van der Waals surface area (Å²) in [4.78, 5) is 29.4. The number of aromatic nitrogens is 1. The Morgan fingerprint density at radius 2 is 2.32 bits per heavy atom. The van der Waals surface area contributed by atoms with E-state index in [0.717, 1.165) is 6.42 Å². The number of amides is 2. The Bertz CT molecular complexity index is 507. The maximum Gasteiger partial charge on any atom is 0.274 e. The highest BCUT2D eigenvalue weighted by atomic mass is 35.5. The zero-order valence-corrected chi connectivity index (χ0v) is 11.3. The summed E-state index contributed by atoms with van der Waals surface area (Å²) in [5.74, 6) is 0.0814. The smallest absolute Gasteiger partial charge is 0.274 e. The van der Waals surface area contributed by atoms with E-state index in [2.05, 4.69) is 15.6 Å². The standard InChI is InChI=1S/C12H15ClN4O2/c1-14-9-4-3-8(13)11(16-9)12(19)17-6-2-5-15-10(18)7-17/h3-4H,2,5-7H2,1H3,(H,14,16)(H,15,18). The van der Waals surface area contributed by atoms with Gasteiger partial charge in [-0.3, -0.25) is 9.59 Å². The highest BCUT2D eigenvalue weighted by Gasteiger charge is 2.24. The van der Waals surface area contributed by atoms with Crippen molar-refractivity contribution in [3.8, 4) is 0 Å². The summed E-state index contributed by atoms with van der Waals surface area (Å²) in [6, 6.07) is 3.31. The fourth-order valence-electron chi connectivity index (χ4n) is 1.86. The van der Waals surface area contributed by atoms with E-state index in [9.17, 15) is 9.59 Å². The van der Waals surface area contributed by atoms with Crippen LogP contribution in [0.1, 0.15) is 16.9 Å². The van der Waals surface area contributed by atoms with Crippen LogP contribution in [0.3, 0.4) is 0 Å². The van der Waals surface area contributed by atoms with Gasteiger partial charge in [0.05, 0.1) is 11.6 Å². The van der Waals surface area contributed by atoms with Gasteiger partial charge in [-0.15, -0.1) is 0 Å². The van der Waals surface area contributed by atoms with Crippen molar-refractivity contribution in [1.82, 2.24) is 15.2 Å². The molecule has 0 aromatic carbocycles. The van der Waals surface area contributed by atoms with E-state index in [-0.39, 0.29) is 29.1 Å². The van der Waals surface area contributed by atoms with Crippen molar-refractivity contribution in [1.29, 1.82) is 0 Å². The third kappa shape index (κ3) is 3.14. The minimum atomic E-state index is -0.320. The van der Waals surface area contributed by atoms with Crippen LogP contribution < -0.4 is 10.6 Å². The third-order valence-corrected chi connectivity index (χ3v) is 3.16. The van der Waals surface area contributed by atoms with Crippen molar-refractivity contribution in [3.63, 3.8) is 0 Å². The highest BCUT2D eigenvalue weighted by Crippen LogP contribution is 2.18. The molecule has 2 rings (SSSR count). The van der Waals surface area contributed by atoms with E-state index in [0.29, 0.717) is 18.9 Å². The fraction of sp³-hybridized carbons (Fsp3) is 0.417. The van der Waals surface area contributed by atoms with Crippen molar-refractivity contribution in [2.45, 2.75) is 6.42 Å². The van der Waals surface area contributed by atoms with Crippen LogP contribution in [0.15, 0.2) is 12.1 Å². The average Bonchev–Trinajstić information content (AvgIpc) is 2.63. The predicted octanol–water partition coefficient (Wildman–Crippen LogP) is 0.739. The van der Waals surface area contributed by atoms with Crippen molar-refractivity contribution in [2.24, 2.45) is 0 Å². The first kappa shape index (κ1) is 13.6. The summed E-state index contributed by atoms with van der Waals surface area (Å²) in [6.45, 7) is 1.14. The molecule has 1 aromatic heterocycles. The molecular formula is C12H15ClN4O2. The van der Waals surface area contributed by atoms with Crippen molar-refractivity contribution in [3.05, 3.63) is 22.8 Å².